The van der Waals surface area contributed by atoms with Gasteiger partial charge in [-0.25, -0.2) is 0 Å². The molecule has 0 saturated carbocycles. The summed E-state index contributed by atoms with van der Waals surface area (Å²) >= 11 is 0. The van der Waals surface area contributed by atoms with Crippen molar-refractivity contribution in [1.29, 1.82) is 0 Å². The second kappa shape index (κ2) is 8.38. The second-order valence-corrected chi connectivity index (χ2v) is 10.8. The minimum atomic E-state index is 0.496. The van der Waals surface area contributed by atoms with Crippen molar-refractivity contribution in [3.63, 3.8) is 0 Å². The zero-order chi connectivity index (χ0) is 23.4. The number of hydrogen-bond acceptors (Lipinski definition) is 0. The molecule has 0 radical (unpaired) electrons. The second-order valence-electron chi connectivity index (χ2n) is 10.8. The van der Waals surface area contributed by atoms with Crippen LogP contribution in [-0.4, -0.2) is 0 Å². The molecule has 0 aromatic heterocycles. The van der Waals surface area contributed by atoms with Crippen LogP contribution in [-0.2, 0) is 12.8 Å². The van der Waals surface area contributed by atoms with E-state index in [0.717, 1.165) is 12.8 Å². The molecule has 3 aliphatic carbocycles. The van der Waals surface area contributed by atoms with Crippen LogP contribution in [0.3, 0.4) is 0 Å². The summed E-state index contributed by atoms with van der Waals surface area (Å²) in [6.45, 7) is 2.46. The van der Waals surface area contributed by atoms with Crippen molar-refractivity contribution < 1.29 is 0 Å². The van der Waals surface area contributed by atoms with Crippen LogP contribution in [0.2, 0.25) is 0 Å². The maximum Gasteiger partial charge on any atom is 0.00983 e. The van der Waals surface area contributed by atoms with E-state index in [-0.39, 0.29) is 0 Å². The maximum absolute atomic E-state index is 2.60. The minimum absolute atomic E-state index is 0.496. The topological polar surface area (TPSA) is 0 Å². The number of rotatable bonds is 1. The zero-order valence-electron chi connectivity index (χ0n) is 20.5. The van der Waals surface area contributed by atoms with Crippen molar-refractivity contribution in [2.75, 3.05) is 0 Å². The normalized spacial score (nSPS) is 21.6. The van der Waals surface area contributed by atoms with E-state index in [1.165, 1.54) is 63.1 Å². The number of benzene rings is 5. The zero-order valence-corrected chi connectivity index (χ0v) is 20.5. The molecular weight excluding hydrogens is 420 g/mol. The summed E-state index contributed by atoms with van der Waals surface area (Å²) < 4.78 is 0. The van der Waals surface area contributed by atoms with Crippen LogP contribution in [0, 0.1) is 0 Å². The Morgan fingerprint density at radius 1 is 0.571 bits per heavy atom. The first kappa shape index (κ1) is 20.9. The SMILES string of the molecule is C[C@@H]1C[C@@H]2C[C@H](c3ccccc3)c3cc(c4ccccc4c32)CCCc2ccc1c1ccccc21. The Labute approximate surface area is 208 Å². The first-order valence-corrected chi connectivity index (χ1v) is 13.4. The third-order valence-electron chi connectivity index (χ3n) is 8.82. The van der Waals surface area contributed by atoms with Gasteiger partial charge >= 0.3 is 0 Å². The summed E-state index contributed by atoms with van der Waals surface area (Å²) in [5, 5.41) is 5.91. The highest BCUT2D eigenvalue weighted by atomic mass is 14.4. The molecule has 8 rings (SSSR count). The molecule has 0 heteroatoms. The molecule has 3 aliphatic rings. The van der Waals surface area contributed by atoms with Crippen LogP contribution in [0.15, 0.2) is 97.1 Å². The molecule has 172 valence electrons. The Hall–Kier alpha value is -3.38. The quantitative estimate of drug-likeness (QED) is 0.238. The van der Waals surface area contributed by atoms with Gasteiger partial charge in [-0.05, 0) is 98.9 Å². The largest absolute Gasteiger partial charge is 0.0622 e. The molecule has 0 saturated heterocycles. The Morgan fingerprint density at radius 2 is 1.23 bits per heavy atom. The molecule has 0 nitrogen and oxygen atoms in total. The number of fused-ring (bicyclic) bond motifs is 4. The molecule has 5 aromatic carbocycles. The van der Waals surface area contributed by atoms with Crippen molar-refractivity contribution in [3.8, 4) is 0 Å². The van der Waals surface area contributed by atoms with Crippen molar-refractivity contribution in [1.82, 2.24) is 0 Å². The lowest BCUT2D eigenvalue weighted by Gasteiger charge is -2.23. The van der Waals surface area contributed by atoms with Crippen LogP contribution in [0.5, 0.6) is 0 Å². The molecule has 5 aromatic rings. The van der Waals surface area contributed by atoms with Crippen molar-refractivity contribution in [2.24, 2.45) is 0 Å². The van der Waals surface area contributed by atoms with Gasteiger partial charge in [-0.3, -0.25) is 0 Å². The van der Waals surface area contributed by atoms with Crippen LogP contribution in [0.4, 0.5) is 0 Å². The predicted octanol–water partition coefficient (Wildman–Crippen LogP) is 9.29. The third kappa shape index (κ3) is 3.42. The Kier molecular flexibility index (Phi) is 5.02. The number of hydrogen-bond donors (Lipinski definition) is 0. The fourth-order valence-electron chi connectivity index (χ4n) is 7.25. The van der Waals surface area contributed by atoms with E-state index in [9.17, 15) is 0 Å². The van der Waals surface area contributed by atoms with E-state index in [1.807, 2.05) is 0 Å². The molecule has 0 fully saturated rings. The molecule has 0 amide bonds. The molecule has 0 heterocycles. The fourth-order valence-corrected chi connectivity index (χ4v) is 7.25. The summed E-state index contributed by atoms with van der Waals surface area (Å²) in [6.07, 6.45) is 5.86. The lowest BCUT2D eigenvalue weighted by molar-refractivity contribution is 0.541. The smallest absolute Gasteiger partial charge is 0.00983 e. The summed E-state index contributed by atoms with van der Waals surface area (Å²) in [7, 11) is 0. The van der Waals surface area contributed by atoms with Crippen molar-refractivity contribution in [3.05, 3.63) is 130 Å². The van der Waals surface area contributed by atoms with E-state index in [2.05, 4.69) is 104 Å². The van der Waals surface area contributed by atoms with Crippen molar-refractivity contribution >= 4 is 21.5 Å². The van der Waals surface area contributed by atoms with Gasteiger partial charge in [-0.15, -0.1) is 0 Å². The predicted molar refractivity (Wildman–Crippen MR) is 149 cm³/mol. The number of aryl methyl sites for hydroxylation is 2. The molecule has 0 N–H and O–H groups in total. The molecular formula is C35H32. The monoisotopic (exact) mass is 452 g/mol. The lowest BCUT2D eigenvalue weighted by atomic mass is 9.81. The highest BCUT2D eigenvalue weighted by molar-refractivity contribution is 5.92. The molecule has 0 aliphatic heterocycles. The van der Waals surface area contributed by atoms with E-state index >= 15 is 0 Å². The maximum atomic E-state index is 2.60. The first-order valence-electron chi connectivity index (χ1n) is 13.4. The van der Waals surface area contributed by atoms with Crippen LogP contribution >= 0.6 is 0 Å². The summed E-state index contributed by atoms with van der Waals surface area (Å²) in [6, 6.07) is 37.1. The molecule has 3 atom stereocenters. The Bertz CT molecular complexity index is 1540. The van der Waals surface area contributed by atoms with E-state index in [0.29, 0.717) is 17.8 Å². The first-order chi connectivity index (χ1) is 17.3. The van der Waals surface area contributed by atoms with Gasteiger partial charge in [0.15, 0.2) is 0 Å². The highest BCUT2D eigenvalue weighted by Crippen LogP contribution is 2.52. The Balaban J connectivity index is 1.45. The molecule has 35 heavy (non-hydrogen) atoms. The molecule has 6 bridgehead atoms. The lowest BCUT2D eigenvalue weighted by Crippen LogP contribution is -2.05. The van der Waals surface area contributed by atoms with Gasteiger partial charge in [-0.1, -0.05) is 104 Å². The van der Waals surface area contributed by atoms with E-state index in [4.69, 9.17) is 0 Å². The van der Waals surface area contributed by atoms with Crippen LogP contribution in [0.1, 0.15) is 77.3 Å². The van der Waals surface area contributed by atoms with Crippen LogP contribution in [0.25, 0.3) is 21.5 Å². The average molecular weight is 453 g/mol. The summed E-state index contributed by atoms with van der Waals surface area (Å²) in [5.41, 5.74) is 9.26. The summed E-state index contributed by atoms with van der Waals surface area (Å²) in [4.78, 5) is 0. The van der Waals surface area contributed by atoms with Gasteiger partial charge in [0, 0.05) is 5.92 Å². The van der Waals surface area contributed by atoms with Crippen molar-refractivity contribution in [2.45, 2.75) is 56.8 Å². The van der Waals surface area contributed by atoms with Gasteiger partial charge in [0.05, 0.1) is 0 Å². The average Bonchev–Trinajstić information content (AvgIpc) is 3.26. The van der Waals surface area contributed by atoms with E-state index < -0.39 is 0 Å². The van der Waals surface area contributed by atoms with Gasteiger partial charge in [-0.2, -0.15) is 0 Å². The molecule has 0 spiro atoms. The third-order valence-corrected chi connectivity index (χ3v) is 8.82. The Morgan fingerprint density at radius 3 is 2.03 bits per heavy atom. The highest BCUT2D eigenvalue weighted by Gasteiger charge is 2.35. The van der Waals surface area contributed by atoms with Crippen LogP contribution < -0.4 is 0 Å². The van der Waals surface area contributed by atoms with Gasteiger partial charge in [0.2, 0.25) is 0 Å². The standard InChI is InChI=1S/C35H32/c1-23-20-27-22-33(24-10-3-2-4-11-24)34-21-26(30-15-6-8-17-32(30)35(27)34)13-9-12-25-18-19-28(23)31-16-7-5-14-29(25)31/h2-8,10-11,14-19,21,23,27,33H,9,12-13,20,22H2,1H3/t23-,27-,33-/m1/s1. The van der Waals surface area contributed by atoms with Gasteiger partial charge in [0.25, 0.3) is 0 Å². The fraction of sp³-hybridized carbons (Fsp3) is 0.257. The van der Waals surface area contributed by atoms with Gasteiger partial charge in [0.1, 0.15) is 0 Å². The summed E-state index contributed by atoms with van der Waals surface area (Å²) in [5.74, 6) is 1.59. The minimum Gasteiger partial charge on any atom is -0.0622 e. The van der Waals surface area contributed by atoms with Gasteiger partial charge < -0.3 is 0 Å². The molecule has 0 unspecified atom stereocenters. The van der Waals surface area contributed by atoms with E-state index in [1.54, 1.807) is 11.1 Å².